The van der Waals surface area contributed by atoms with Crippen LogP contribution >= 0.6 is 0 Å². The normalized spacial score (nSPS) is 14.2. The number of fused-ring (bicyclic) bond motifs is 1. The van der Waals surface area contributed by atoms with Crippen molar-refractivity contribution in [2.45, 2.75) is 45.6 Å². The molecule has 0 unspecified atom stereocenters. The van der Waals surface area contributed by atoms with Crippen molar-refractivity contribution in [3.8, 4) is 17.2 Å². The third kappa shape index (κ3) is 4.29. The number of carbonyl (C=O) groups excluding carboxylic acids is 1. The van der Waals surface area contributed by atoms with Gasteiger partial charge >= 0.3 is 0 Å². The number of benzene rings is 1. The van der Waals surface area contributed by atoms with Crippen LogP contribution in [-0.2, 0) is 0 Å². The number of rotatable bonds is 7. The Morgan fingerprint density at radius 3 is 2.88 bits per heavy atom. The molecule has 7 heteroatoms. The topological polar surface area (TPSA) is 78.3 Å². The number of hydrogen-bond acceptors (Lipinski definition) is 5. The van der Waals surface area contributed by atoms with E-state index in [0.29, 0.717) is 30.4 Å². The maximum Gasteiger partial charge on any atom is 0.273 e. The predicted molar refractivity (Wildman–Crippen MR) is 93.4 cm³/mol. The quantitative estimate of drug-likeness (QED) is 0.782. The monoisotopic (exact) mass is 344 g/mol. The van der Waals surface area contributed by atoms with Gasteiger partial charge in [0.05, 0.1) is 11.9 Å². The highest BCUT2D eigenvalue weighted by Gasteiger charge is 2.16. The number of nitrogens with one attached hydrogen (secondary N) is 1. The molecule has 1 aromatic carbocycles. The van der Waals surface area contributed by atoms with Gasteiger partial charge in [0.25, 0.3) is 5.91 Å². The van der Waals surface area contributed by atoms with Gasteiger partial charge in [0.2, 0.25) is 0 Å². The van der Waals surface area contributed by atoms with E-state index in [4.69, 9.17) is 9.47 Å². The fourth-order valence-electron chi connectivity index (χ4n) is 2.74. The molecule has 0 aliphatic carbocycles. The molecule has 1 aliphatic heterocycles. The number of hydrogen-bond donors (Lipinski definition) is 1. The van der Waals surface area contributed by atoms with Gasteiger partial charge in [0.1, 0.15) is 13.2 Å². The van der Waals surface area contributed by atoms with Crippen molar-refractivity contribution < 1.29 is 14.3 Å². The highest BCUT2D eigenvalue weighted by atomic mass is 16.6. The van der Waals surface area contributed by atoms with E-state index in [0.717, 1.165) is 18.5 Å². The van der Waals surface area contributed by atoms with Crippen LogP contribution in [0.1, 0.15) is 50.0 Å². The first-order valence-corrected chi connectivity index (χ1v) is 8.80. The summed E-state index contributed by atoms with van der Waals surface area (Å²) in [6.45, 7) is 5.26. The van der Waals surface area contributed by atoms with Crippen LogP contribution in [0.4, 0.5) is 0 Å². The number of ether oxygens (including phenoxy) is 2. The molecule has 2 heterocycles. The Labute approximate surface area is 147 Å². The van der Waals surface area contributed by atoms with E-state index >= 15 is 0 Å². The van der Waals surface area contributed by atoms with Gasteiger partial charge in [-0.1, -0.05) is 31.4 Å². The van der Waals surface area contributed by atoms with Crippen LogP contribution in [0.3, 0.4) is 0 Å². The van der Waals surface area contributed by atoms with Crippen LogP contribution < -0.4 is 14.8 Å². The van der Waals surface area contributed by atoms with Crippen LogP contribution in [0.25, 0.3) is 5.69 Å². The van der Waals surface area contributed by atoms with E-state index in [-0.39, 0.29) is 11.9 Å². The van der Waals surface area contributed by atoms with Crippen molar-refractivity contribution >= 4 is 5.91 Å². The molecule has 7 nitrogen and oxygen atoms in total. The molecule has 0 saturated carbocycles. The summed E-state index contributed by atoms with van der Waals surface area (Å²) in [6, 6.07) is 5.65. The van der Waals surface area contributed by atoms with Crippen LogP contribution in [0, 0.1) is 0 Å². The minimum Gasteiger partial charge on any atom is -0.486 e. The Morgan fingerprint density at radius 1 is 1.28 bits per heavy atom. The van der Waals surface area contributed by atoms with Gasteiger partial charge in [-0.2, -0.15) is 0 Å². The predicted octanol–water partition coefficient (Wildman–Crippen LogP) is 2.74. The highest BCUT2D eigenvalue weighted by Crippen LogP contribution is 2.31. The maximum atomic E-state index is 12.3. The zero-order valence-electron chi connectivity index (χ0n) is 14.7. The summed E-state index contributed by atoms with van der Waals surface area (Å²) in [4.78, 5) is 12.3. The van der Waals surface area contributed by atoms with E-state index < -0.39 is 0 Å². The summed E-state index contributed by atoms with van der Waals surface area (Å²) >= 11 is 0. The molecule has 0 fully saturated rings. The third-order valence-corrected chi connectivity index (χ3v) is 4.13. The first kappa shape index (κ1) is 17.3. The second-order valence-electron chi connectivity index (χ2n) is 6.25. The van der Waals surface area contributed by atoms with E-state index in [9.17, 15) is 4.79 Å². The SMILES string of the molecule is CCCCC[C@@H](C)NC(=O)c1cn(-c2ccc3c(c2)OCCO3)nn1. The lowest BCUT2D eigenvalue weighted by Crippen LogP contribution is -2.32. The summed E-state index contributed by atoms with van der Waals surface area (Å²) in [5, 5.41) is 11.0. The van der Waals surface area contributed by atoms with Gasteiger partial charge in [-0.05, 0) is 25.5 Å². The van der Waals surface area contributed by atoms with Gasteiger partial charge in [-0.15, -0.1) is 5.10 Å². The van der Waals surface area contributed by atoms with Crippen molar-refractivity contribution in [3.63, 3.8) is 0 Å². The highest BCUT2D eigenvalue weighted by molar-refractivity contribution is 5.92. The standard InChI is InChI=1S/C18H24N4O3/c1-3-4-5-6-13(2)19-18(23)15-12-22(21-20-15)14-7-8-16-17(11-14)25-10-9-24-16/h7-8,11-13H,3-6,9-10H2,1-2H3,(H,19,23)/t13-/m1/s1. The Bertz CT molecular complexity index is 729. The van der Waals surface area contributed by atoms with Crippen LogP contribution in [0.5, 0.6) is 11.5 Å². The van der Waals surface area contributed by atoms with Gasteiger partial charge in [-0.25, -0.2) is 4.68 Å². The number of nitrogens with zero attached hydrogens (tertiary/aromatic N) is 3. The number of unbranched alkanes of at least 4 members (excludes halogenated alkanes) is 2. The summed E-state index contributed by atoms with van der Waals surface area (Å²) in [5.41, 5.74) is 1.07. The molecule has 0 spiro atoms. The average Bonchev–Trinajstić information content (AvgIpc) is 3.12. The Morgan fingerprint density at radius 2 is 2.08 bits per heavy atom. The minimum absolute atomic E-state index is 0.124. The van der Waals surface area contributed by atoms with Crippen LogP contribution in [0.2, 0.25) is 0 Å². The van der Waals surface area contributed by atoms with Gasteiger partial charge in [-0.3, -0.25) is 4.79 Å². The molecule has 1 N–H and O–H groups in total. The number of carbonyl (C=O) groups is 1. The summed E-state index contributed by atoms with van der Waals surface area (Å²) in [6.07, 6.45) is 6.06. The number of aromatic nitrogens is 3. The zero-order chi connectivity index (χ0) is 17.6. The molecule has 25 heavy (non-hydrogen) atoms. The van der Waals surface area contributed by atoms with E-state index in [1.165, 1.54) is 12.8 Å². The number of amides is 1. The first-order chi connectivity index (χ1) is 12.2. The summed E-state index contributed by atoms with van der Waals surface area (Å²) in [5.74, 6) is 1.19. The lowest BCUT2D eigenvalue weighted by molar-refractivity contribution is 0.0933. The summed E-state index contributed by atoms with van der Waals surface area (Å²) < 4.78 is 12.6. The van der Waals surface area contributed by atoms with Crippen molar-refractivity contribution in [3.05, 3.63) is 30.1 Å². The van der Waals surface area contributed by atoms with Gasteiger partial charge in [0, 0.05) is 12.1 Å². The molecule has 1 amide bonds. The molecule has 1 atom stereocenters. The molecule has 2 aromatic rings. The molecule has 1 aliphatic rings. The second-order valence-corrected chi connectivity index (χ2v) is 6.25. The lowest BCUT2D eigenvalue weighted by Gasteiger charge is -2.18. The Hall–Kier alpha value is -2.57. The third-order valence-electron chi connectivity index (χ3n) is 4.13. The van der Waals surface area contributed by atoms with E-state index in [1.54, 1.807) is 10.9 Å². The minimum atomic E-state index is -0.201. The second kappa shape index (κ2) is 8.00. The van der Waals surface area contributed by atoms with E-state index in [1.807, 2.05) is 25.1 Å². The largest absolute Gasteiger partial charge is 0.486 e. The first-order valence-electron chi connectivity index (χ1n) is 8.80. The zero-order valence-corrected chi connectivity index (χ0v) is 14.7. The van der Waals surface area contributed by atoms with Crippen LogP contribution in [-0.4, -0.2) is 40.2 Å². The smallest absolute Gasteiger partial charge is 0.273 e. The van der Waals surface area contributed by atoms with E-state index in [2.05, 4.69) is 22.6 Å². The molecule has 3 rings (SSSR count). The molecule has 0 radical (unpaired) electrons. The molecule has 134 valence electrons. The molecule has 0 saturated heterocycles. The van der Waals surface area contributed by atoms with Crippen molar-refractivity contribution in [2.24, 2.45) is 0 Å². The molecular formula is C18H24N4O3. The van der Waals surface area contributed by atoms with Crippen molar-refractivity contribution in [1.82, 2.24) is 20.3 Å². The average molecular weight is 344 g/mol. The fourth-order valence-corrected chi connectivity index (χ4v) is 2.74. The summed E-state index contributed by atoms with van der Waals surface area (Å²) in [7, 11) is 0. The van der Waals surface area contributed by atoms with Gasteiger partial charge in [0.15, 0.2) is 17.2 Å². The molecule has 1 aromatic heterocycles. The Kier molecular flexibility index (Phi) is 5.53. The molecule has 0 bridgehead atoms. The Balaban J connectivity index is 1.64. The fraction of sp³-hybridized carbons (Fsp3) is 0.500. The molecular weight excluding hydrogens is 320 g/mol. The van der Waals surface area contributed by atoms with Crippen LogP contribution in [0.15, 0.2) is 24.4 Å². The van der Waals surface area contributed by atoms with Crippen molar-refractivity contribution in [2.75, 3.05) is 13.2 Å². The van der Waals surface area contributed by atoms with Gasteiger partial charge < -0.3 is 14.8 Å². The lowest BCUT2D eigenvalue weighted by atomic mass is 10.1. The maximum absolute atomic E-state index is 12.3. The van der Waals surface area contributed by atoms with Crippen molar-refractivity contribution in [1.29, 1.82) is 0 Å².